The molecule has 0 aliphatic carbocycles. The lowest BCUT2D eigenvalue weighted by atomic mass is 10.1. The number of thiophene rings is 1. The summed E-state index contributed by atoms with van der Waals surface area (Å²) in [7, 11) is 0. The fourth-order valence-corrected chi connectivity index (χ4v) is 3.74. The maximum atomic E-state index is 12.8. The summed E-state index contributed by atoms with van der Waals surface area (Å²) < 4.78 is 0. The Morgan fingerprint density at radius 1 is 1.12 bits per heavy atom. The van der Waals surface area contributed by atoms with Crippen LogP contribution in [0.2, 0.25) is 0 Å². The second-order valence-electron chi connectivity index (χ2n) is 6.01. The SMILES string of the molecule is CC[NH+](Cc1cccs1)[C@@H](C)C(=O)Nc1cccc2ccccc12. The smallest absolute Gasteiger partial charge is 0.282 e. The summed E-state index contributed by atoms with van der Waals surface area (Å²) in [6, 6.07) is 18.2. The van der Waals surface area contributed by atoms with Gasteiger partial charge in [0.15, 0.2) is 6.04 Å². The van der Waals surface area contributed by atoms with E-state index in [2.05, 4.69) is 41.9 Å². The van der Waals surface area contributed by atoms with Crippen molar-refractivity contribution in [2.24, 2.45) is 0 Å². The van der Waals surface area contributed by atoms with Gasteiger partial charge in [0.1, 0.15) is 6.54 Å². The molecule has 2 N–H and O–H groups in total. The largest absolute Gasteiger partial charge is 0.321 e. The molecule has 1 amide bonds. The van der Waals surface area contributed by atoms with Gasteiger partial charge in [0.05, 0.1) is 11.4 Å². The minimum atomic E-state index is -0.101. The lowest BCUT2D eigenvalue weighted by Gasteiger charge is -2.23. The van der Waals surface area contributed by atoms with Crippen molar-refractivity contribution in [3.8, 4) is 0 Å². The Morgan fingerprint density at radius 2 is 1.92 bits per heavy atom. The number of likely N-dealkylation sites (N-methyl/N-ethyl adjacent to an activating group) is 1. The van der Waals surface area contributed by atoms with Crippen molar-refractivity contribution in [1.82, 2.24) is 0 Å². The van der Waals surface area contributed by atoms with E-state index in [0.717, 1.165) is 29.5 Å². The lowest BCUT2D eigenvalue weighted by molar-refractivity contribution is -0.925. The lowest BCUT2D eigenvalue weighted by Crippen LogP contribution is -3.15. The van der Waals surface area contributed by atoms with Crippen LogP contribution in [0.15, 0.2) is 60.0 Å². The number of carbonyl (C=O) groups excluding carboxylic acids is 1. The molecule has 0 aliphatic heterocycles. The maximum Gasteiger partial charge on any atom is 0.282 e. The summed E-state index contributed by atoms with van der Waals surface area (Å²) >= 11 is 1.75. The van der Waals surface area contributed by atoms with Crippen LogP contribution in [0, 0.1) is 0 Å². The van der Waals surface area contributed by atoms with Crippen molar-refractivity contribution in [2.75, 3.05) is 11.9 Å². The molecule has 0 bridgehead atoms. The number of nitrogens with one attached hydrogen (secondary N) is 2. The number of rotatable bonds is 6. The van der Waals surface area contributed by atoms with Crippen LogP contribution in [0.5, 0.6) is 0 Å². The Hall–Kier alpha value is -2.17. The number of fused-ring (bicyclic) bond motifs is 1. The average Bonchev–Trinajstić information content (AvgIpc) is 3.12. The Labute approximate surface area is 146 Å². The van der Waals surface area contributed by atoms with E-state index in [1.807, 2.05) is 37.3 Å². The zero-order valence-corrected chi connectivity index (χ0v) is 14.9. The number of benzene rings is 2. The molecule has 0 aliphatic rings. The van der Waals surface area contributed by atoms with Gasteiger partial charge in [-0.1, -0.05) is 42.5 Å². The van der Waals surface area contributed by atoms with E-state index in [9.17, 15) is 4.79 Å². The predicted molar refractivity (Wildman–Crippen MR) is 102 cm³/mol. The topological polar surface area (TPSA) is 33.5 Å². The second kappa shape index (κ2) is 7.60. The number of hydrogen-bond donors (Lipinski definition) is 2. The van der Waals surface area contributed by atoms with Crippen molar-refractivity contribution >= 4 is 33.7 Å². The first-order valence-corrected chi connectivity index (χ1v) is 9.22. The minimum absolute atomic E-state index is 0.0692. The van der Waals surface area contributed by atoms with Crippen LogP contribution >= 0.6 is 11.3 Å². The molecule has 3 rings (SSSR count). The van der Waals surface area contributed by atoms with Gasteiger partial charge in [-0.15, -0.1) is 11.3 Å². The van der Waals surface area contributed by atoms with Crippen LogP contribution in [0.3, 0.4) is 0 Å². The van der Waals surface area contributed by atoms with Gasteiger partial charge in [0, 0.05) is 11.1 Å². The van der Waals surface area contributed by atoms with Crippen molar-refractivity contribution in [3.63, 3.8) is 0 Å². The van der Waals surface area contributed by atoms with Gasteiger partial charge in [-0.05, 0) is 36.7 Å². The zero-order chi connectivity index (χ0) is 16.9. The highest BCUT2D eigenvalue weighted by Gasteiger charge is 2.24. The van der Waals surface area contributed by atoms with Crippen molar-refractivity contribution in [3.05, 3.63) is 64.9 Å². The summed E-state index contributed by atoms with van der Waals surface area (Å²) in [6.07, 6.45) is 0. The fourth-order valence-electron chi connectivity index (χ4n) is 2.98. The van der Waals surface area contributed by atoms with E-state index in [4.69, 9.17) is 0 Å². The van der Waals surface area contributed by atoms with E-state index in [-0.39, 0.29) is 11.9 Å². The molecular weight excluding hydrogens is 316 g/mol. The third kappa shape index (κ3) is 3.66. The molecule has 3 aromatic rings. The highest BCUT2D eigenvalue weighted by Crippen LogP contribution is 2.22. The van der Waals surface area contributed by atoms with Gasteiger partial charge in [-0.2, -0.15) is 0 Å². The first-order chi connectivity index (χ1) is 11.7. The van der Waals surface area contributed by atoms with Crippen molar-refractivity contribution < 1.29 is 9.69 Å². The van der Waals surface area contributed by atoms with E-state index in [0.29, 0.717) is 0 Å². The summed E-state index contributed by atoms with van der Waals surface area (Å²) in [6.45, 7) is 5.94. The molecule has 0 saturated carbocycles. The van der Waals surface area contributed by atoms with E-state index in [1.54, 1.807) is 11.3 Å². The molecule has 0 radical (unpaired) electrons. The molecular formula is C20H23N2OS+. The maximum absolute atomic E-state index is 12.8. The van der Waals surface area contributed by atoms with Gasteiger partial charge in [0.25, 0.3) is 5.91 Å². The number of anilines is 1. The summed E-state index contributed by atoms with van der Waals surface area (Å²) in [5.74, 6) is 0.0692. The number of carbonyl (C=O) groups is 1. The van der Waals surface area contributed by atoms with E-state index >= 15 is 0 Å². The standard InChI is InChI=1S/C20H22N2OS/c1-3-22(14-17-10-7-13-24-17)15(2)20(23)21-19-12-6-9-16-8-4-5-11-18(16)19/h4-13,15H,3,14H2,1-2H3,(H,21,23)/p+1/t15-/m0/s1. The quantitative estimate of drug-likeness (QED) is 0.710. The van der Waals surface area contributed by atoms with E-state index in [1.165, 1.54) is 9.78 Å². The zero-order valence-electron chi connectivity index (χ0n) is 14.1. The Morgan fingerprint density at radius 3 is 2.67 bits per heavy atom. The number of quaternary nitrogens is 1. The third-order valence-electron chi connectivity index (χ3n) is 4.49. The van der Waals surface area contributed by atoms with Crippen molar-refractivity contribution in [1.29, 1.82) is 0 Å². The molecule has 2 atom stereocenters. The van der Waals surface area contributed by atoms with Crippen LogP contribution < -0.4 is 10.2 Å². The van der Waals surface area contributed by atoms with Crippen LogP contribution in [-0.4, -0.2) is 18.5 Å². The molecule has 2 aromatic carbocycles. The first-order valence-electron chi connectivity index (χ1n) is 8.34. The highest BCUT2D eigenvalue weighted by atomic mass is 32.1. The van der Waals surface area contributed by atoms with Crippen LogP contribution in [0.4, 0.5) is 5.69 Å². The van der Waals surface area contributed by atoms with Gasteiger partial charge in [0.2, 0.25) is 0 Å². The average molecular weight is 339 g/mol. The molecule has 124 valence electrons. The molecule has 0 spiro atoms. The first kappa shape index (κ1) is 16.7. The molecule has 24 heavy (non-hydrogen) atoms. The number of amides is 1. The van der Waals surface area contributed by atoms with E-state index < -0.39 is 0 Å². The highest BCUT2D eigenvalue weighted by molar-refractivity contribution is 7.09. The fraction of sp³-hybridized carbons (Fsp3) is 0.250. The van der Waals surface area contributed by atoms with Crippen molar-refractivity contribution in [2.45, 2.75) is 26.4 Å². The molecule has 0 saturated heterocycles. The molecule has 1 heterocycles. The van der Waals surface area contributed by atoms with Crippen LogP contribution in [0.25, 0.3) is 10.8 Å². The third-order valence-corrected chi connectivity index (χ3v) is 5.37. The Kier molecular flexibility index (Phi) is 5.28. The second-order valence-corrected chi connectivity index (χ2v) is 7.04. The van der Waals surface area contributed by atoms with Crippen LogP contribution in [0.1, 0.15) is 18.7 Å². The molecule has 1 aromatic heterocycles. The minimum Gasteiger partial charge on any atom is -0.321 e. The van der Waals surface area contributed by atoms with Gasteiger partial charge < -0.3 is 10.2 Å². The normalized spacial score (nSPS) is 13.6. The van der Waals surface area contributed by atoms with Gasteiger partial charge >= 0.3 is 0 Å². The van der Waals surface area contributed by atoms with Gasteiger partial charge in [-0.25, -0.2) is 0 Å². The number of hydrogen-bond acceptors (Lipinski definition) is 2. The molecule has 1 unspecified atom stereocenters. The summed E-state index contributed by atoms with van der Waals surface area (Å²) in [4.78, 5) is 15.3. The molecule has 3 nitrogen and oxygen atoms in total. The summed E-state index contributed by atoms with van der Waals surface area (Å²) in [5.41, 5.74) is 0.886. The molecule has 4 heteroatoms. The monoisotopic (exact) mass is 339 g/mol. The molecule has 0 fully saturated rings. The Bertz CT molecular complexity index is 808. The summed E-state index contributed by atoms with van der Waals surface area (Å²) in [5, 5.41) is 7.43. The van der Waals surface area contributed by atoms with Gasteiger partial charge in [-0.3, -0.25) is 4.79 Å². The predicted octanol–water partition coefficient (Wildman–Crippen LogP) is 3.33. The Balaban J connectivity index is 1.75. The van der Waals surface area contributed by atoms with Crippen LogP contribution in [-0.2, 0) is 11.3 Å².